The van der Waals surface area contributed by atoms with Crippen LogP contribution in [0.25, 0.3) is 0 Å². The number of aromatic nitrogens is 1. The lowest BCUT2D eigenvalue weighted by Gasteiger charge is -2.11. The summed E-state index contributed by atoms with van der Waals surface area (Å²) in [5, 5.41) is 6.36. The van der Waals surface area contributed by atoms with Gasteiger partial charge in [-0.2, -0.15) is 0 Å². The molecule has 6 heteroatoms. The summed E-state index contributed by atoms with van der Waals surface area (Å²) in [5.41, 5.74) is 2.27. The molecule has 21 heavy (non-hydrogen) atoms. The predicted octanol–water partition coefficient (Wildman–Crippen LogP) is 2.61. The molecule has 0 aliphatic heterocycles. The van der Waals surface area contributed by atoms with Gasteiger partial charge in [0.15, 0.2) is 12.4 Å². The van der Waals surface area contributed by atoms with Gasteiger partial charge in [-0.25, -0.2) is 4.79 Å². The first-order chi connectivity index (χ1) is 9.97. The average molecular weight is 288 g/mol. The Morgan fingerprint density at radius 1 is 1.33 bits per heavy atom. The van der Waals surface area contributed by atoms with Crippen molar-refractivity contribution in [1.29, 1.82) is 0 Å². The summed E-state index contributed by atoms with van der Waals surface area (Å²) in [6.07, 6.45) is 0. The van der Waals surface area contributed by atoms with Crippen LogP contribution < -0.4 is 5.32 Å². The highest BCUT2D eigenvalue weighted by atomic mass is 16.5. The Labute approximate surface area is 122 Å². The number of nitrogens with one attached hydrogen (secondary N) is 1. The Balaban J connectivity index is 2.15. The highest BCUT2D eigenvalue weighted by Crippen LogP contribution is 2.22. The van der Waals surface area contributed by atoms with Crippen LogP contribution in [0.4, 0.5) is 5.69 Å². The predicted molar refractivity (Wildman–Crippen MR) is 75.8 cm³/mol. The van der Waals surface area contributed by atoms with Crippen molar-refractivity contribution in [2.75, 3.05) is 5.32 Å². The Morgan fingerprint density at radius 3 is 2.71 bits per heavy atom. The van der Waals surface area contributed by atoms with E-state index in [0.29, 0.717) is 17.0 Å². The van der Waals surface area contributed by atoms with Crippen LogP contribution in [0, 0.1) is 13.8 Å². The van der Waals surface area contributed by atoms with Gasteiger partial charge in [0.05, 0.1) is 16.9 Å². The molecule has 1 amide bonds. The normalized spacial score (nSPS) is 10.2. The molecule has 1 N–H and O–H groups in total. The molecule has 0 saturated heterocycles. The first-order valence-corrected chi connectivity index (χ1v) is 6.44. The second-order valence-electron chi connectivity index (χ2n) is 4.69. The number of aryl methyl sites for hydroxylation is 2. The van der Waals surface area contributed by atoms with Gasteiger partial charge in [0.2, 0.25) is 5.91 Å². The van der Waals surface area contributed by atoms with Crippen LogP contribution in [0.2, 0.25) is 0 Å². The van der Waals surface area contributed by atoms with E-state index in [9.17, 15) is 9.59 Å². The fraction of sp³-hybridized carbons (Fsp3) is 0.267. The largest absolute Gasteiger partial charge is 0.454 e. The molecule has 2 rings (SSSR count). The molecule has 0 bridgehead atoms. The molecule has 6 nitrogen and oxygen atoms in total. The van der Waals surface area contributed by atoms with E-state index in [2.05, 4.69) is 10.5 Å². The molecule has 1 aromatic carbocycles. The van der Waals surface area contributed by atoms with Gasteiger partial charge in [0.1, 0.15) is 0 Å². The Morgan fingerprint density at radius 2 is 2.10 bits per heavy atom. The van der Waals surface area contributed by atoms with E-state index in [1.54, 1.807) is 25.1 Å². The van der Waals surface area contributed by atoms with Crippen molar-refractivity contribution in [2.24, 2.45) is 0 Å². The minimum Gasteiger partial charge on any atom is -0.454 e. The number of hydrogen-bond donors (Lipinski definition) is 1. The van der Waals surface area contributed by atoms with E-state index in [1.165, 1.54) is 6.92 Å². The maximum atomic E-state index is 12.1. The Bertz CT molecular complexity index is 676. The van der Waals surface area contributed by atoms with E-state index in [4.69, 9.17) is 9.26 Å². The molecule has 0 spiro atoms. The second-order valence-corrected chi connectivity index (χ2v) is 4.69. The van der Waals surface area contributed by atoms with Crippen LogP contribution in [0.1, 0.15) is 34.3 Å². The number of rotatable bonds is 4. The topological polar surface area (TPSA) is 81.4 Å². The van der Waals surface area contributed by atoms with Gasteiger partial charge in [-0.3, -0.25) is 4.79 Å². The molecule has 1 heterocycles. The van der Waals surface area contributed by atoms with Crippen LogP contribution >= 0.6 is 0 Å². The molecule has 0 aliphatic carbocycles. The van der Waals surface area contributed by atoms with Gasteiger partial charge >= 0.3 is 5.97 Å². The summed E-state index contributed by atoms with van der Waals surface area (Å²) in [6, 6.07) is 6.84. The van der Waals surface area contributed by atoms with Gasteiger partial charge < -0.3 is 14.6 Å². The number of esters is 1. The summed E-state index contributed by atoms with van der Waals surface area (Å²) >= 11 is 0. The van der Waals surface area contributed by atoms with Gasteiger partial charge in [-0.15, -0.1) is 0 Å². The van der Waals surface area contributed by atoms with Crippen LogP contribution in [-0.2, 0) is 16.1 Å². The molecule has 0 fully saturated rings. The SMILES string of the molecule is CC(=O)Nc1c(C)cccc1C(=O)OCc1cc(C)no1. The highest BCUT2D eigenvalue weighted by molar-refractivity contribution is 6.01. The molecule has 0 atom stereocenters. The number of para-hydroxylation sites is 1. The fourth-order valence-electron chi connectivity index (χ4n) is 1.88. The monoisotopic (exact) mass is 288 g/mol. The van der Waals surface area contributed by atoms with Crippen LogP contribution in [0.15, 0.2) is 28.8 Å². The van der Waals surface area contributed by atoms with Crippen LogP contribution in [0.5, 0.6) is 0 Å². The van der Waals surface area contributed by atoms with Crippen molar-refractivity contribution in [1.82, 2.24) is 5.16 Å². The lowest BCUT2D eigenvalue weighted by molar-refractivity contribution is -0.114. The maximum Gasteiger partial charge on any atom is 0.340 e. The summed E-state index contributed by atoms with van der Waals surface area (Å²) in [4.78, 5) is 23.4. The molecular weight excluding hydrogens is 272 g/mol. The summed E-state index contributed by atoms with van der Waals surface area (Å²) in [6.45, 7) is 4.97. The lowest BCUT2D eigenvalue weighted by Crippen LogP contribution is -2.14. The van der Waals surface area contributed by atoms with Gasteiger partial charge in [-0.1, -0.05) is 17.3 Å². The standard InChI is InChI=1S/C15H16N2O4/c1-9-5-4-6-13(14(9)16-11(3)18)15(19)20-8-12-7-10(2)17-21-12/h4-7H,8H2,1-3H3,(H,16,18). The van der Waals surface area contributed by atoms with E-state index in [1.807, 2.05) is 13.0 Å². The first-order valence-electron chi connectivity index (χ1n) is 6.44. The molecule has 110 valence electrons. The number of carbonyl (C=O) groups is 2. The fourth-order valence-corrected chi connectivity index (χ4v) is 1.88. The van der Waals surface area contributed by atoms with E-state index >= 15 is 0 Å². The summed E-state index contributed by atoms with van der Waals surface area (Å²) in [7, 11) is 0. The number of amides is 1. The van der Waals surface area contributed by atoms with Crippen molar-refractivity contribution in [2.45, 2.75) is 27.4 Å². The molecule has 0 aliphatic rings. The Kier molecular flexibility index (Phi) is 4.37. The Hall–Kier alpha value is -2.63. The first kappa shape index (κ1) is 14.8. The summed E-state index contributed by atoms with van der Waals surface area (Å²) < 4.78 is 10.2. The van der Waals surface area contributed by atoms with Crippen molar-refractivity contribution >= 4 is 17.6 Å². The third-order valence-corrected chi connectivity index (χ3v) is 2.82. The quantitative estimate of drug-likeness (QED) is 0.874. The van der Waals surface area contributed by atoms with E-state index in [-0.39, 0.29) is 12.5 Å². The van der Waals surface area contributed by atoms with Crippen LogP contribution in [0.3, 0.4) is 0 Å². The summed E-state index contributed by atoms with van der Waals surface area (Å²) in [5.74, 6) is -0.310. The number of ether oxygens (including phenoxy) is 1. The highest BCUT2D eigenvalue weighted by Gasteiger charge is 2.16. The van der Waals surface area contributed by atoms with Crippen LogP contribution in [-0.4, -0.2) is 17.0 Å². The third kappa shape index (κ3) is 3.68. The smallest absolute Gasteiger partial charge is 0.340 e. The molecule has 2 aromatic rings. The third-order valence-electron chi connectivity index (χ3n) is 2.82. The molecule has 0 unspecified atom stereocenters. The van der Waals surface area contributed by atoms with Crippen molar-refractivity contribution in [3.05, 3.63) is 46.8 Å². The zero-order valence-corrected chi connectivity index (χ0v) is 12.1. The van der Waals surface area contributed by atoms with Gasteiger partial charge in [0.25, 0.3) is 0 Å². The van der Waals surface area contributed by atoms with Gasteiger partial charge in [-0.05, 0) is 25.5 Å². The van der Waals surface area contributed by atoms with Crippen molar-refractivity contribution < 1.29 is 18.8 Å². The number of hydrogen-bond acceptors (Lipinski definition) is 5. The number of benzene rings is 1. The molecule has 0 radical (unpaired) electrons. The zero-order valence-electron chi connectivity index (χ0n) is 12.1. The van der Waals surface area contributed by atoms with Crippen molar-refractivity contribution in [3.63, 3.8) is 0 Å². The number of anilines is 1. The van der Waals surface area contributed by atoms with Crippen molar-refractivity contribution in [3.8, 4) is 0 Å². The average Bonchev–Trinajstić information content (AvgIpc) is 2.84. The maximum absolute atomic E-state index is 12.1. The zero-order chi connectivity index (χ0) is 15.4. The second kappa shape index (κ2) is 6.21. The lowest BCUT2D eigenvalue weighted by atomic mass is 10.1. The minimum absolute atomic E-state index is 0.00682. The van der Waals surface area contributed by atoms with E-state index in [0.717, 1.165) is 11.3 Å². The molecule has 1 aromatic heterocycles. The van der Waals surface area contributed by atoms with E-state index < -0.39 is 5.97 Å². The minimum atomic E-state index is -0.531. The number of carbonyl (C=O) groups excluding carboxylic acids is 2. The van der Waals surface area contributed by atoms with Gasteiger partial charge in [0, 0.05) is 13.0 Å². The number of nitrogens with zero attached hydrogens (tertiary/aromatic N) is 1. The molecule has 0 saturated carbocycles. The molecular formula is C15H16N2O4.